The minimum Gasteiger partial charge on any atom is -1.00 e. The van der Waals surface area contributed by atoms with Crippen LogP contribution >= 0.6 is 0 Å². The van der Waals surface area contributed by atoms with E-state index in [0.29, 0.717) is 0 Å². The van der Waals surface area contributed by atoms with E-state index in [4.69, 9.17) is 20.4 Å². The van der Waals surface area contributed by atoms with Gasteiger partial charge in [0.15, 0.2) is 24.4 Å². The molecule has 4 N–H and O–H groups in total. The highest BCUT2D eigenvalue weighted by Gasteiger charge is 2.35. The second-order valence-corrected chi connectivity index (χ2v) is 4.73. The molecule has 12 heteroatoms. The molecule has 0 saturated carbocycles. The predicted octanol–water partition coefficient (Wildman–Crippen LogP) is -6.59. The zero-order valence-electron chi connectivity index (χ0n) is 12.1. The molecule has 10 nitrogen and oxygen atoms in total. The first-order valence-electron chi connectivity index (χ1n) is 6.44. The summed E-state index contributed by atoms with van der Waals surface area (Å²) in [5.41, 5.74) is 0. The number of rotatable bonds is 4. The van der Waals surface area contributed by atoms with Gasteiger partial charge in [-0.3, -0.25) is 0 Å². The highest BCUT2D eigenvalue weighted by Crippen LogP contribution is 2.20. The highest BCUT2D eigenvalue weighted by atomic mass is 35.5. The minimum atomic E-state index is -1.09. The molecule has 0 aliphatic carbocycles. The SMILES string of the molecule is O=C(O)C1CCC(C(=O)O)O1.O=C(O)C1CCC(C(=O)O)O1.[Cl-].[Cl-]. The summed E-state index contributed by atoms with van der Waals surface area (Å²) in [5.74, 6) is -4.36. The van der Waals surface area contributed by atoms with E-state index in [2.05, 4.69) is 9.47 Å². The largest absolute Gasteiger partial charge is 1.00 e. The Morgan fingerprint density at radius 3 is 0.792 bits per heavy atom. The van der Waals surface area contributed by atoms with E-state index < -0.39 is 48.3 Å². The van der Waals surface area contributed by atoms with Crippen LogP contribution in [-0.2, 0) is 28.7 Å². The summed E-state index contributed by atoms with van der Waals surface area (Å²) in [6.07, 6.45) is -2.60. The zero-order valence-corrected chi connectivity index (χ0v) is 13.6. The molecule has 2 aliphatic heterocycles. The molecular weight excluding hydrogens is 375 g/mol. The molecule has 4 unspecified atom stereocenters. The van der Waals surface area contributed by atoms with Crippen molar-refractivity contribution in [3.05, 3.63) is 0 Å². The molecule has 0 aromatic rings. The Morgan fingerprint density at radius 1 is 0.542 bits per heavy atom. The third-order valence-electron chi connectivity index (χ3n) is 3.14. The Morgan fingerprint density at radius 2 is 0.708 bits per heavy atom. The van der Waals surface area contributed by atoms with Gasteiger partial charge < -0.3 is 54.7 Å². The maximum absolute atomic E-state index is 10.3. The number of carboxylic acids is 4. The van der Waals surface area contributed by atoms with Gasteiger partial charge in [0.2, 0.25) is 0 Å². The average Bonchev–Trinajstić information content (AvgIpc) is 3.09. The normalized spacial score (nSPS) is 27.7. The molecule has 2 saturated heterocycles. The van der Waals surface area contributed by atoms with E-state index in [1.807, 2.05) is 0 Å². The summed E-state index contributed by atoms with van der Waals surface area (Å²) in [7, 11) is 0. The monoisotopic (exact) mass is 390 g/mol. The molecule has 0 amide bonds. The summed E-state index contributed by atoms with van der Waals surface area (Å²) in [5, 5.41) is 33.6. The number of carboxylic acid groups (broad SMARTS) is 4. The van der Waals surface area contributed by atoms with Crippen LogP contribution in [0.3, 0.4) is 0 Å². The summed E-state index contributed by atoms with van der Waals surface area (Å²) < 4.78 is 9.37. The lowest BCUT2D eigenvalue weighted by atomic mass is 10.2. The van der Waals surface area contributed by atoms with Crippen molar-refractivity contribution in [1.82, 2.24) is 0 Å². The van der Waals surface area contributed by atoms with E-state index in [-0.39, 0.29) is 50.5 Å². The maximum Gasteiger partial charge on any atom is 0.332 e. The Labute approximate surface area is 148 Å². The summed E-state index contributed by atoms with van der Waals surface area (Å²) in [4.78, 5) is 41.0. The van der Waals surface area contributed by atoms with Crippen LogP contribution in [0.15, 0.2) is 0 Å². The second-order valence-electron chi connectivity index (χ2n) is 4.73. The van der Waals surface area contributed by atoms with Crippen molar-refractivity contribution in [3.8, 4) is 0 Å². The lowest BCUT2D eigenvalue weighted by Crippen LogP contribution is -3.00. The van der Waals surface area contributed by atoms with E-state index in [1.54, 1.807) is 0 Å². The van der Waals surface area contributed by atoms with Crippen molar-refractivity contribution < 1.29 is 73.9 Å². The topological polar surface area (TPSA) is 168 Å². The first-order valence-corrected chi connectivity index (χ1v) is 6.44. The van der Waals surface area contributed by atoms with Crippen LogP contribution in [0.4, 0.5) is 0 Å². The van der Waals surface area contributed by atoms with E-state index in [9.17, 15) is 19.2 Å². The van der Waals surface area contributed by atoms with Gasteiger partial charge in [0, 0.05) is 0 Å². The van der Waals surface area contributed by atoms with Crippen molar-refractivity contribution in [3.63, 3.8) is 0 Å². The van der Waals surface area contributed by atoms with Crippen molar-refractivity contribution >= 4 is 23.9 Å². The summed E-state index contributed by atoms with van der Waals surface area (Å²) in [6.45, 7) is 0. The molecule has 2 aliphatic rings. The first kappa shape index (κ1) is 24.6. The minimum absolute atomic E-state index is 0. The third kappa shape index (κ3) is 7.30. The van der Waals surface area contributed by atoms with Gasteiger partial charge in [0.1, 0.15) is 0 Å². The molecule has 0 radical (unpaired) electrons. The molecule has 4 atom stereocenters. The van der Waals surface area contributed by atoms with Crippen LogP contribution in [0.1, 0.15) is 25.7 Å². The lowest BCUT2D eigenvalue weighted by Gasteiger charge is -2.04. The van der Waals surface area contributed by atoms with Gasteiger partial charge in [-0.05, 0) is 25.7 Å². The fraction of sp³-hybridized carbons (Fsp3) is 0.667. The van der Waals surface area contributed by atoms with Crippen LogP contribution in [-0.4, -0.2) is 68.7 Å². The first-order chi connectivity index (χ1) is 10.2. The van der Waals surface area contributed by atoms with Crippen molar-refractivity contribution in [2.75, 3.05) is 0 Å². The van der Waals surface area contributed by atoms with Crippen LogP contribution in [0.2, 0.25) is 0 Å². The smallest absolute Gasteiger partial charge is 0.332 e. The molecule has 24 heavy (non-hydrogen) atoms. The molecule has 2 fully saturated rings. The van der Waals surface area contributed by atoms with Gasteiger partial charge in [-0.25, -0.2) is 19.2 Å². The van der Waals surface area contributed by atoms with Crippen molar-refractivity contribution in [2.45, 2.75) is 50.1 Å². The molecule has 140 valence electrons. The summed E-state index contributed by atoms with van der Waals surface area (Å²) in [6, 6.07) is 0. The van der Waals surface area contributed by atoms with E-state index in [1.165, 1.54) is 0 Å². The number of ether oxygens (including phenoxy) is 2. The molecule has 0 aromatic carbocycles. The fourth-order valence-corrected chi connectivity index (χ4v) is 2.00. The second kappa shape index (κ2) is 11.0. The number of carbonyl (C=O) groups is 4. The number of hydrogen-bond acceptors (Lipinski definition) is 6. The van der Waals surface area contributed by atoms with Crippen molar-refractivity contribution in [1.29, 1.82) is 0 Å². The Balaban J connectivity index is 0. The van der Waals surface area contributed by atoms with Gasteiger partial charge in [0.25, 0.3) is 0 Å². The molecular formula is C12H16Cl2O10-2. The standard InChI is InChI=1S/2C6H8O5.2ClH/c2*7-5(8)3-1-2-4(11-3)6(9)10;;/h2*3-4H,1-2H2,(H,7,8)(H,9,10);2*1H/p-2. The van der Waals surface area contributed by atoms with Gasteiger partial charge in [-0.1, -0.05) is 0 Å². The molecule has 0 spiro atoms. The van der Waals surface area contributed by atoms with Crippen molar-refractivity contribution in [2.24, 2.45) is 0 Å². The maximum atomic E-state index is 10.3. The highest BCUT2D eigenvalue weighted by molar-refractivity contribution is 5.77. The van der Waals surface area contributed by atoms with Crippen LogP contribution in [0, 0.1) is 0 Å². The Hall–Kier alpha value is -1.62. The molecule has 2 rings (SSSR count). The van der Waals surface area contributed by atoms with Crippen LogP contribution < -0.4 is 24.8 Å². The fourth-order valence-electron chi connectivity index (χ4n) is 2.00. The molecule has 0 bridgehead atoms. The number of hydrogen-bond donors (Lipinski definition) is 4. The van der Waals surface area contributed by atoms with Gasteiger partial charge in [0.05, 0.1) is 0 Å². The van der Waals surface area contributed by atoms with E-state index >= 15 is 0 Å². The van der Waals surface area contributed by atoms with Gasteiger partial charge in [-0.2, -0.15) is 0 Å². The van der Waals surface area contributed by atoms with Gasteiger partial charge in [-0.15, -0.1) is 0 Å². The third-order valence-corrected chi connectivity index (χ3v) is 3.14. The predicted molar refractivity (Wildman–Crippen MR) is 66.3 cm³/mol. The van der Waals surface area contributed by atoms with Crippen LogP contribution in [0.5, 0.6) is 0 Å². The average molecular weight is 391 g/mol. The van der Waals surface area contributed by atoms with Gasteiger partial charge >= 0.3 is 23.9 Å². The number of aliphatic carboxylic acids is 4. The quantitative estimate of drug-likeness (QED) is 0.362. The van der Waals surface area contributed by atoms with Crippen LogP contribution in [0.25, 0.3) is 0 Å². The van der Waals surface area contributed by atoms with E-state index in [0.717, 1.165) is 0 Å². The Bertz CT molecular complexity index is 387. The number of halogens is 2. The molecule has 0 aromatic heterocycles. The zero-order chi connectivity index (χ0) is 16.9. The molecule has 2 heterocycles. The Kier molecular flexibility index (Phi) is 11.3. The summed E-state index contributed by atoms with van der Waals surface area (Å²) >= 11 is 0. The lowest BCUT2D eigenvalue weighted by molar-refractivity contribution is -0.159.